The van der Waals surface area contributed by atoms with Crippen LogP contribution >= 0.6 is 0 Å². The van der Waals surface area contributed by atoms with Crippen molar-refractivity contribution in [3.63, 3.8) is 0 Å². The van der Waals surface area contributed by atoms with E-state index in [2.05, 4.69) is 41.4 Å². The van der Waals surface area contributed by atoms with Gasteiger partial charge in [-0.25, -0.2) is 0 Å². The fourth-order valence-electron chi connectivity index (χ4n) is 3.27. The molecule has 2 atom stereocenters. The lowest BCUT2D eigenvalue weighted by Gasteiger charge is -2.32. The SMILES string of the molecule is Cc1cccc(CN2CC[C@@H]3NC(=O)CC[C@H]32)c1. The standard InChI is InChI=1S/C15H20N2O/c1-11-3-2-4-12(9-11)10-17-8-7-13-14(17)5-6-15(18)16-13/h2-4,9,13-14H,5-8,10H2,1H3,(H,16,18)/t13-,14+/m0/s1. The van der Waals surface area contributed by atoms with Gasteiger partial charge in [0.2, 0.25) is 5.91 Å². The number of likely N-dealkylation sites (tertiary alicyclic amines) is 1. The van der Waals surface area contributed by atoms with Crippen molar-refractivity contribution in [1.29, 1.82) is 0 Å². The Hall–Kier alpha value is -1.35. The number of amides is 1. The minimum absolute atomic E-state index is 0.230. The van der Waals surface area contributed by atoms with Crippen molar-refractivity contribution in [3.8, 4) is 0 Å². The highest BCUT2D eigenvalue weighted by molar-refractivity contribution is 5.77. The van der Waals surface area contributed by atoms with Gasteiger partial charge in [0, 0.05) is 31.6 Å². The van der Waals surface area contributed by atoms with E-state index >= 15 is 0 Å². The summed E-state index contributed by atoms with van der Waals surface area (Å²) in [7, 11) is 0. The summed E-state index contributed by atoms with van der Waals surface area (Å²) in [4.78, 5) is 13.9. The Morgan fingerprint density at radius 3 is 3.11 bits per heavy atom. The van der Waals surface area contributed by atoms with Gasteiger partial charge in [-0.1, -0.05) is 29.8 Å². The van der Waals surface area contributed by atoms with Gasteiger partial charge in [-0.3, -0.25) is 9.69 Å². The molecule has 0 saturated carbocycles. The lowest BCUT2D eigenvalue weighted by molar-refractivity contribution is -0.124. The number of fused-ring (bicyclic) bond motifs is 1. The van der Waals surface area contributed by atoms with Crippen LogP contribution in [0.25, 0.3) is 0 Å². The first-order valence-corrected chi connectivity index (χ1v) is 6.81. The zero-order valence-corrected chi connectivity index (χ0v) is 10.9. The molecule has 0 aliphatic carbocycles. The van der Waals surface area contributed by atoms with Crippen LogP contribution in [0.5, 0.6) is 0 Å². The fourth-order valence-corrected chi connectivity index (χ4v) is 3.27. The van der Waals surface area contributed by atoms with Crippen molar-refractivity contribution in [2.45, 2.75) is 44.8 Å². The third-order valence-corrected chi connectivity index (χ3v) is 4.14. The number of nitrogens with zero attached hydrogens (tertiary/aromatic N) is 1. The number of hydrogen-bond acceptors (Lipinski definition) is 2. The Labute approximate surface area is 108 Å². The van der Waals surface area contributed by atoms with E-state index < -0.39 is 0 Å². The Balaban J connectivity index is 1.69. The first kappa shape index (κ1) is 11.7. The highest BCUT2D eigenvalue weighted by Crippen LogP contribution is 2.27. The van der Waals surface area contributed by atoms with E-state index in [-0.39, 0.29) is 5.91 Å². The molecule has 1 aromatic carbocycles. The smallest absolute Gasteiger partial charge is 0.220 e. The second-order valence-corrected chi connectivity index (χ2v) is 5.53. The van der Waals surface area contributed by atoms with Crippen molar-refractivity contribution >= 4 is 5.91 Å². The molecular formula is C15H20N2O. The second kappa shape index (κ2) is 4.73. The summed E-state index contributed by atoms with van der Waals surface area (Å²) in [5, 5.41) is 3.12. The van der Waals surface area contributed by atoms with Crippen LogP contribution in [-0.2, 0) is 11.3 Å². The van der Waals surface area contributed by atoms with Crippen molar-refractivity contribution in [1.82, 2.24) is 10.2 Å². The topological polar surface area (TPSA) is 32.3 Å². The number of nitrogens with one attached hydrogen (secondary N) is 1. The summed E-state index contributed by atoms with van der Waals surface area (Å²) in [6, 6.07) is 9.65. The van der Waals surface area contributed by atoms with Gasteiger partial charge in [-0.05, 0) is 25.3 Å². The van der Waals surface area contributed by atoms with Crippen LogP contribution in [0.4, 0.5) is 0 Å². The molecule has 2 aliphatic heterocycles. The highest BCUT2D eigenvalue weighted by Gasteiger charge is 2.37. The van der Waals surface area contributed by atoms with E-state index in [4.69, 9.17) is 0 Å². The summed E-state index contributed by atoms with van der Waals surface area (Å²) in [6.07, 6.45) is 2.80. The molecule has 2 fully saturated rings. The zero-order chi connectivity index (χ0) is 12.5. The van der Waals surface area contributed by atoms with E-state index in [0.29, 0.717) is 18.5 Å². The van der Waals surface area contributed by atoms with Crippen molar-refractivity contribution in [2.24, 2.45) is 0 Å². The maximum absolute atomic E-state index is 11.4. The second-order valence-electron chi connectivity index (χ2n) is 5.53. The molecule has 1 amide bonds. The molecule has 0 unspecified atom stereocenters. The molecule has 2 heterocycles. The van der Waals surface area contributed by atoms with Gasteiger partial charge in [0.15, 0.2) is 0 Å². The minimum atomic E-state index is 0.230. The first-order valence-electron chi connectivity index (χ1n) is 6.81. The molecular weight excluding hydrogens is 224 g/mol. The van der Waals surface area contributed by atoms with Gasteiger partial charge in [0.05, 0.1) is 0 Å². The molecule has 3 rings (SSSR count). The van der Waals surface area contributed by atoms with Gasteiger partial charge in [0.1, 0.15) is 0 Å². The molecule has 0 radical (unpaired) electrons. The largest absolute Gasteiger partial charge is 0.352 e. The van der Waals surface area contributed by atoms with E-state index in [0.717, 1.165) is 25.9 Å². The number of benzene rings is 1. The molecule has 0 bridgehead atoms. The Bertz CT molecular complexity index is 458. The van der Waals surface area contributed by atoms with Crippen LogP contribution in [0.1, 0.15) is 30.4 Å². The molecule has 96 valence electrons. The highest BCUT2D eigenvalue weighted by atomic mass is 16.1. The lowest BCUT2D eigenvalue weighted by atomic mass is 9.98. The van der Waals surface area contributed by atoms with E-state index in [1.165, 1.54) is 11.1 Å². The normalized spacial score (nSPS) is 27.9. The Morgan fingerprint density at radius 1 is 1.39 bits per heavy atom. The number of piperidine rings is 1. The predicted octanol–water partition coefficient (Wildman–Crippen LogP) is 1.85. The molecule has 0 aromatic heterocycles. The van der Waals surface area contributed by atoms with Gasteiger partial charge in [-0.2, -0.15) is 0 Å². The van der Waals surface area contributed by atoms with Gasteiger partial charge in [0.25, 0.3) is 0 Å². The van der Waals surface area contributed by atoms with E-state index in [1.54, 1.807) is 0 Å². The van der Waals surface area contributed by atoms with Gasteiger partial charge in [-0.15, -0.1) is 0 Å². The number of aryl methyl sites for hydroxylation is 1. The van der Waals surface area contributed by atoms with Gasteiger partial charge < -0.3 is 5.32 Å². The number of carbonyl (C=O) groups excluding carboxylic acids is 1. The number of hydrogen-bond donors (Lipinski definition) is 1. The van der Waals surface area contributed by atoms with Crippen LogP contribution in [0.2, 0.25) is 0 Å². The average molecular weight is 244 g/mol. The quantitative estimate of drug-likeness (QED) is 0.861. The molecule has 1 N–H and O–H groups in total. The summed E-state index contributed by atoms with van der Waals surface area (Å²) in [5.74, 6) is 0.230. The number of carbonyl (C=O) groups is 1. The lowest BCUT2D eigenvalue weighted by Crippen LogP contribution is -2.49. The van der Waals surface area contributed by atoms with E-state index in [1.807, 2.05) is 0 Å². The first-order chi connectivity index (χ1) is 8.72. The van der Waals surface area contributed by atoms with Crippen molar-refractivity contribution < 1.29 is 4.79 Å². The van der Waals surface area contributed by atoms with E-state index in [9.17, 15) is 4.79 Å². The van der Waals surface area contributed by atoms with Crippen LogP contribution < -0.4 is 5.32 Å². The summed E-state index contributed by atoms with van der Waals surface area (Å²) in [6.45, 7) is 4.25. The maximum Gasteiger partial charge on any atom is 0.220 e. The Kier molecular flexibility index (Phi) is 3.08. The monoisotopic (exact) mass is 244 g/mol. The maximum atomic E-state index is 11.4. The zero-order valence-electron chi connectivity index (χ0n) is 10.9. The average Bonchev–Trinajstić information content (AvgIpc) is 2.72. The van der Waals surface area contributed by atoms with Crippen LogP contribution in [0.15, 0.2) is 24.3 Å². The molecule has 0 spiro atoms. The Morgan fingerprint density at radius 2 is 2.28 bits per heavy atom. The summed E-state index contributed by atoms with van der Waals surface area (Å²) >= 11 is 0. The van der Waals surface area contributed by atoms with Crippen molar-refractivity contribution in [3.05, 3.63) is 35.4 Å². The molecule has 1 aromatic rings. The van der Waals surface area contributed by atoms with Crippen LogP contribution in [0.3, 0.4) is 0 Å². The molecule has 2 saturated heterocycles. The van der Waals surface area contributed by atoms with Crippen molar-refractivity contribution in [2.75, 3.05) is 6.54 Å². The minimum Gasteiger partial charge on any atom is -0.352 e. The van der Waals surface area contributed by atoms with Crippen LogP contribution in [-0.4, -0.2) is 29.4 Å². The predicted molar refractivity (Wildman–Crippen MR) is 71.2 cm³/mol. The fraction of sp³-hybridized carbons (Fsp3) is 0.533. The summed E-state index contributed by atoms with van der Waals surface area (Å²) in [5.41, 5.74) is 2.70. The molecule has 18 heavy (non-hydrogen) atoms. The van der Waals surface area contributed by atoms with Crippen LogP contribution in [0, 0.1) is 6.92 Å². The molecule has 3 heteroatoms. The summed E-state index contributed by atoms with van der Waals surface area (Å²) < 4.78 is 0. The third-order valence-electron chi connectivity index (χ3n) is 4.14. The van der Waals surface area contributed by atoms with Gasteiger partial charge >= 0.3 is 0 Å². The third kappa shape index (κ3) is 2.27. The molecule has 2 aliphatic rings. The molecule has 3 nitrogen and oxygen atoms in total. The number of rotatable bonds is 2.